The number of aromatic nitrogens is 1. The summed E-state index contributed by atoms with van der Waals surface area (Å²) in [4.78, 5) is 3.40. The van der Waals surface area contributed by atoms with E-state index in [1.54, 1.807) is 13.8 Å². The van der Waals surface area contributed by atoms with Crippen LogP contribution >= 0.6 is 0 Å². The molecule has 0 aromatic carbocycles. The van der Waals surface area contributed by atoms with E-state index in [0.29, 0.717) is 0 Å². The molecule has 0 spiro atoms. The van der Waals surface area contributed by atoms with Crippen molar-refractivity contribution in [3.63, 3.8) is 0 Å². The first-order valence-electron chi connectivity index (χ1n) is 3.98. The van der Waals surface area contributed by atoms with Gasteiger partial charge in [0.25, 0.3) is 0 Å². The van der Waals surface area contributed by atoms with Crippen LogP contribution < -0.4 is 5.73 Å². The van der Waals surface area contributed by atoms with Crippen LogP contribution in [0.2, 0.25) is 0 Å². The van der Waals surface area contributed by atoms with E-state index in [4.69, 9.17) is 5.73 Å². The molecule has 0 radical (unpaired) electrons. The molecule has 13 heavy (non-hydrogen) atoms. The Morgan fingerprint density at radius 1 is 1.31 bits per heavy atom. The Morgan fingerprint density at radius 3 is 2.15 bits per heavy atom. The molecular formula is C9H12F2N2. The number of nitrogens with two attached hydrogens (primary N) is 1. The van der Waals surface area contributed by atoms with Crippen LogP contribution in [-0.2, 0) is 5.41 Å². The van der Waals surface area contributed by atoms with E-state index < -0.39 is 17.0 Å². The largest absolute Gasteiger partial charge is 0.330 e. The van der Waals surface area contributed by atoms with Gasteiger partial charge in [-0.2, -0.15) is 0 Å². The molecule has 0 unspecified atom stereocenters. The molecule has 0 fully saturated rings. The quantitative estimate of drug-likeness (QED) is 0.761. The standard InChI is InChI=1S/C9H12F2N2/c1-9(2,5-12)8-6(10)3-13-4-7(8)11/h3-4H,5,12H2,1-2H3. The minimum Gasteiger partial charge on any atom is -0.330 e. The molecule has 1 heterocycles. The lowest BCUT2D eigenvalue weighted by Gasteiger charge is -2.23. The minimum absolute atomic E-state index is 0.00463. The van der Waals surface area contributed by atoms with Gasteiger partial charge in [-0.3, -0.25) is 4.98 Å². The maximum atomic E-state index is 13.2. The normalized spacial score (nSPS) is 11.8. The molecule has 2 nitrogen and oxygen atoms in total. The lowest BCUT2D eigenvalue weighted by atomic mass is 9.85. The van der Waals surface area contributed by atoms with Crippen molar-refractivity contribution in [2.45, 2.75) is 19.3 Å². The average Bonchev–Trinajstić information content (AvgIpc) is 2.03. The second kappa shape index (κ2) is 3.38. The Kier molecular flexibility index (Phi) is 2.61. The molecule has 0 aliphatic rings. The van der Waals surface area contributed by atoms with Crippen molar-refractivity contribution in [3.8, 4) is 0 Å². The maximum absolute atomic E-state index is 13.2. The summed E-state index contributed by atoms with van der Waals surface area (Å²) >= 11 is 0. The third kappa shape index (κ3) is 1.83. The highest BCUT2D eigenvalue weighted by atomic mass is 19.1. The van der Waals surface area contributed by atoms with Crippen LogP contribution in [0, 0.1) is 11.6 Å². The molecule has 0 amide bonds. The molecule has 0 aliphatic carbocycles. The van der Waals surface area contributed by atoms with Crippen LogP contribution in [-0.4, -0.2) is 11.5 Å². The molecule has 0 atom stereocenters. The lowest BCUT2D eigenvalue weighted by molar-refractivity contribution is 0.449. The smallest absolute Gasteiger partial charge is 0.148 e. The third-order valence-corrected chi connectivity index (χ3v) is 2.04. The number of rotatable bonds is 2. The molecule has 4 heteroatoms. The first-order chi connectivity index (χ1) is 5.99. The van der Waals surface area contributed by atoms with E-state index in [2.05, 4.69) is 4.98 Å². The van der Waals surface area contributed by atoms with Crippen molar-refractivity contribution >= 4 is 0 Å². The molecule has 1 rings (SSSR count). The Morgan fingerprint density at radius 2 is 1.77 bits per heavy atom. The number of nitrogens with zero attached hydrogens (tertiary/aromatic N) is 1. The van der Waals surface area contributed by atoms with Crippen molar-refractivity contribution in [1.82, 2.24) is 4.98 Å². The van der Waals surface area contributed by atoms with E-state index in [0.717, 1.165) is 12.4 Å². The van der Waals surface area contributed by atoms with Crippen LogP contribution in [0.15, 0.2) is 12.4 Å². The number of pyridine rings is 1. The number of hydrogen-bond acceptors (Lipinski definition) is 2. The van der Waals surface area contributed by atoms with Crippen molar-refractivity contribution in [1.29, 1.82) is 0 Å². The topological polar surface area (TPSA) is 38.9 Å². The van der Waals surface area contributed by atoms with Gasteiger partial charge in [0.1, 0.15) is 11.6 Å². The van der Waals surface area contributed by atoms with Crippen LogP contribution in [0.4, 0.5) is 8.78 Å². The zero-order chi connectivity index (χ0) is 10.1. The van der Waals surface area contributed by atoms with Gasteiger partial charge in [-0.15, -0.1) is 0 Å². The van der Waals surface area contributed by atoms with Gasteiger partial charge in [-0.05, 0) is 0 Å². The molecule has 1 aromatic heterocycles. The summed E-state index contributed by atoms with van der Waals surface area (Å²) in [5.41, 5.74) is 4.73. The summed E-state index contributed by atoms with van der Waals surface area (Å²) in [6, 6.07) is 0. The van der Waals surface area contributed by atoms with Gasteiger partial charge in [-0.1, -0.05) is 13.8 Å². The predicted molar refractivity (Wildman–Crippen MR) is 46.2 cm³/mol. The predicted octanol–water partition coefficient (Wildman–Crippen LogP) is 1.60. The van der Waals surface area contributed by atoms with Crippen LogP contribution in [0.1, 0.15) is 19.4 Å². The highest BCUT2D eigenvalue weighted by molar-refractivity contribution is 5.24. The first-order valence-corrected chi connectivity index (χ1v) is 3.98. The fourth-order valence-electron chi connectivity index (χ4n) is 1.16. The zero-order valence-electron chi connectivity index (χ0n) is 7.64. The number of halogens is 2. The minimum atomic E-state index is -0.697. The van der Waals surface area contributed by atoms with Gasteiger partial charge in [0, 0.05) is 17.5 Å². The highest BCUT2D eigenvalue weighted by Gasteiger charge is 2.26. The van der Waals surface area contributed by atoms with E-state index >= 15 is 0 Å². The van der Waals surface area contributed by atoms with Crippen LogP contribution in [0.5, 0.6) is 0 Å². The van der Waals surface area contributed by atoms with Gasteiger partial charge in [-0.25, -0.2) is 8.78 Å². The van der Waals surface area contributed by atoms with Crippen LogP contribution in [0.3, 0.4) is 0 Å². The van der Waals surface area contributed by atoms with Gasteiger partial charge >= 0.3 is 0 Å². The Bertz CT molecular complexity index is 290. The second-order valence-electron chi connectivity index (χ2n) is 3.57. The SMILES string of the molecule is CC(C)(CN)c1c(F)cncc1F. The maximum Gasteiger partial charge on any atom is 0.148 e. The monoisotopic (exact) mass is 186 g/mol. The summed E-state index contributed by atoms with van der Waals surface area (Å²) in [6.45, 7) is 3.56. The molecular weight excluding hydrogens is 174 g/mol. The van der Waals surface area contributed by atoms with Gasteiger partial charge in [0.15, 0.2) is 0 Å². The molecule has 0 saturated carbocycles. The van der Waals surface area contributed by atoms with Gasteiger partial charge in [0.2, 0.25) is 0 Å². The first kappa shape index (κ1) is 10.1. The van der Waals surface area contributed by atoms with E-state index in [1.165, 1.54) is 0 Å². The summed E-state index contributed by atoms with van der Waals surface area (Å²) in [5, 5.41) is 0. The lowest BCUT2D eigenvalue weighted by Crippen LogP contribution is -2.30. The summed E-state index contributed by atoms with van der Waals surface area (Å²) in [7, 11) is 0. The van der Waals surface area contributed by atoms with E-state index in [-0.39, 0.29) is 12.1 Å². The van der Waals surface area contributed by atoms with Crippen LogP contribution in [0.25, 0.3) is 0 Å². The molecule has 0 saturated heterocycles. The fraction of sp³-hybridized carbons (Fsp3) is 0.444. The van der Waals surface area contributed by atoms with E-state index in [1.807, 2.05) is 0 Å². The van der Waals surface area contributed by atoms with Crippen molar-refractivity contribution in [2.75, 3.05) is 6.54 Å². The Labute approximate surface area is 75.8 Å². The van der Waals surface area contributed by atoms with Gasteiger partial charge < -0.3 is 5.73 Å². The van der Waals surface area contributed by atoms with Crippen molar-refractivity contribution < 1.29 is 8.78 Å². The van der Waals surface area contributed by atoms with Gasteiger partial charge in [0.05, 0.1) is 12.4 Å². The van der Waals surface area contributed by atoms with Crippen molar-refractivity contribution in [2.24, 2.45) is 5.73 Å². The average molecular weight is 186 g/mol. The summed E-state index contributed by atoms with van der Waals surface area (Å²) in [5.74, 6) is -1.29. The molecule has 0 aliphatic heterocycles. The second-order valence-corrected chi connectivity index (χ2v) is 3.57. The summed E-state index contributed by atoms with van der Waals surface area (Å²) in [6.07, 6.45) is 1.99. The van der Waals surface area contributed by atoms with E-state index in [9.17, 15) is 8.78 Å². The number of hydrogen-bond donors (Lipinski definition) is 1. The fourth-order valence-corrected chi connectivity index (χ4v) is 1.16. The third-order valence-electron chi connectivity index (χ3n) is 2.04. The van der Waals surface area contributed by atoms with Crippen molar-refractivity contribution in [3.05, 3.63) is 29.6 Å². The molecule has 0 bridgehead atoms. The highest BCUT2D eigenvalue weighted by Crippen LogP contribution is 2.26. The Hall–Kier alpha value is -1.03. The molecule has 72 valence electrons. The zero-order valence-corrected chi connectivity index (χ0v) is 7.64. The Balaban J connectivity index is 3.28. The molecule has 2 N–H and O–H groups in total. The molecule has 1 aromatic rings. The summed E-state index contributed by atoms with van der Waals surface area (Å²) < 4.78 is 26.4.